The zero-order valence-electron chi connectivity index (χ0n) is 24.2. The number of ether oxygens (including phenoxy) is 2. The van der Waals surface area contributed by atoms with E-state index in [1.807, 2.05) is 36.7 Å². The molecule has 210 valence electrons. The largest absolute Gasteiger partial charge is 0.494 e. The summed E-state index contributed by atoms with van der Waals surface area (Å²) >= 11 is 0. The van der Waals surface area contributed by atoms with E-state index < -0.39 is 5.97 Å². The number of carbonyl (C=O) groups excluding carboxylic acids is 1. The molecule has 2 aromatic carbocycles. The Morgan fingerprint density at radius 1 is 0.769 bits per heavy atom. The fraction of sp³-hybridized carbons (Fsp3) is 0.500. The van der Waals surface area contributed by atoms with Gasteiger partial charge in [-0.3, -0.25) is 0 Å². The third-order valence-electron chi connectivity index (χ3n) is 7.24. The molecule has 39 heavy (non-hydrogen) atoms. The number of nitrogens with zero attached hydrogens (tertiary/aromatic N) is 2. The van der Waals surface area contributed by atoms with Crippen molar-refractivity contribution in [2.24, 2.45) is 5.92 Å². The second-order valence-electron chi connectivity index (χ2n) is 10.6. The van der Waals surface area contributed by atoms with Gasteiger partial charge in [-0.05, 0) is 79.3 Å². The molecule has 0 aliphatic rings. The van der Waals surface area contributed by atoms with Crippen LogP contribution in [0, 0.1) is 5.92 Å². The van der Waals surface area contributed by atoms with Gasteiger partial charge in [0.1, 0.15) is 11.5 Å². The molecule has 1 heterocycles. The van der Waals surface area contributed by atoms with Gasteiger partial charge in [0.05, 0.1) is 12.2 Å². The Kier molecular flexibility index (Phi) is 13.5. The van der Waals surface area contributed by atoms with Crippen LogP contribution in [0.3, 0.4) is 0 Å². The Balaban J connectivity index is 1.40. The average molecular weight is 531 g/mol. The van der Waals surface area contributed by atoms with Gasteiger partial charge in [-0.2, -0.15) is 0 Å². The van der Waals surface area contributed by atoms with Crippen molar-refractivity contribution in [2.75, 3.05) is 6.61 Å². The summed E-state index contributed by atoms with van der Waals surface area (Å²) in [5, 5.41) is 0. The maximum Gasteiger partial charge on any atom is 0.343 e. The Bertz CT molecular complexity index is 1080. The van der Waals surface area contributed by atoms with Gasteiger partial charge in [-0.1, -0.05) is 78.6 Å². The van der Waals surface area contributed by atoms with Crippen LogP contribution < -0.4 is 9.47 Å². The fourth-order valence-corrected chi connectivity index (χ4v) is 4.43. The summed E-state index contributed by atoms with van der Waals surface area (Å²) in [5.74, 6) is 2.37. The topological polar surface area (TPSA) is 61.3 Å². The van der Waals surface area contributed by atoms with Crippen LogP contribution in [0.2, 0.25) is 0 Å². The number of hydrogen-bond acceptors (Lipinski definition) is 5. The molecule has 0 fully saturated rings. The SMILES string of the molecule is CCCCCCCCOc1ccc(C(=O)Oc2ccc(-c3ncc(CCCCC[C@@H](C)CC)cn3)cc2)cc1. The van der Waals surface area contributed by atoms with E-state index in [1.54, 1.807) is 24.3 Å². The van der Waals surface area contributed by atoms with E-state index >= 15 is 0 Å². The lowest BCUT2D eigenvalue weighted by Crippen LogP contribution is -2.08. The first-order chi connectivity index (χ1) is 19.1. The van der Waals surface area contributed by atoms with E-state index in [9.17, 15) is 4.79 Å². The van der Waals surface area contributed by atoms with Gasteiger partial charge in [0.15, 0.2) is 5.82 Å². The first-order valence-electron chi connectivity index (χ1n) is 15.0. The highest BCUT2D eigenvalue weighted by Gasteiger charge is 2.10. The summed E-state index contributed by atoms with van der Waals surface area (Å²) in [6.45, 7) is 7.52. The van der Waals surface area contributed by atoms with Gasteiger partial charge in [0.25, 0.3) is 0 Å². The second-order valence-corrected chi connectivity index (χ2v) is 10.6. The number of carbonyl (C=O) groups is 1. The minimum Gasteiger partial charge on any atom is -0.494 e. The van der Waals surface area contributed by atoms with E-state index in [1.165, 1.54) is 69.8 Å². The predicted molar refractivity (Wildman–Crippen MR) is 159 cm³/mol. The lowest BCUT2D eigenvalue weighted by molar-refractivity contribution is 0.0734. The van der Waals surface area contributed by atoms with Crippen LogP contribution in [0.25, 0.3) is 11.4 Å². The van der Waals surface area contributed by atoms with Crippen LogP contribution in [0.4, 0.5) is 0 Å². The van der Waals surface area contributed by atoms with E-state index in [0.29, 0.717) is 23.7 Å². The zero-order valence-corrected chi connectivity index (χ0v) is 24.2. The Morgan fingerprint density at radius 2 is 1.41 bits per heavy atom. The van der Waals surface area contributed by atoms with Gasteiger partial charge in [0.2, 0.25) is 0 Å². The zero-order chi connectivity index (χ0) is 27.7. The molecule has 0 saturated carbocycles. The molecule has 1 aromatic heterocycles. The highest BCUT2D eigenvalue weighted by molar-refractivity contribution is 5.91. The van der Waals surface area contributed by atoms with Gasteiger partial charge < -0.3 is 9.47 Å². The third-order valence-corrected chi connectivity index (χ3v) is 7.24. The molecule has 5 heteroatoms. The van der Waals surface area contributed by atoms with E-state index in [2.05, 4.69) is 30.7 Å². The average Bonchev–Trinajstić information content (AvgIpc) is 2.97. The second kappa shape index (κ2) is 17.4. The molecule has 0 unspecified atom stereocenters. The molecule has 5 nitrogen and oxygen atoms in total. The lowest BCUT2D eigenvalue weighted by atomic mass is 10.00. The molecular formula is C34H46N2O3. The highest BCUT2D eigenvalue weighted by atomic mass is 16.5. The molecule has 0 aliphatic heterocycles. The van der Waals surface area contributed by atoms with Crippen LogP contribution in [0.1, 0.15) is 107 Å². The number of rotatable bonds is 18. The lowest BCUT2D eigenvalue weighted by Gasteiger charge is -2.08. The Morgan fingerprint density at radius 3 is 2.10 bits per heavy atom. The van der Waals surface area contributed by atoms with Crippen LogP contribution in [-0.2, 0) is 6.42 Å². The van der Waals surface area contributed by atoms with Crippen molar-refractivity contribution in [1.82, 2.24) is 9.97 Å². The first-order valence-corrected chi connectivity index (χ1v) is 15.0. The minimum atomic E-state index is -0.394. The molecule has 0 bridgehead atoms. The van der Waals surface area contributed by atoms with Gasteiger partial charge >= 0.3 is 5.97 Å². The Hall–Kier alpha value is -3.21. The first kappa shape index (κ1) is 30.3. The quantitative estimate of drug-likeness (QED) is 0.0931. The van der Waals surface area contributed by atoms with Crippen LogP contribution in [0.15, 0.2) is 60.9 Å². The third kappa shape index (κ3) is 11.2. The summed E-state index contributed by atoms with van der Waals surface area (Å²) in [6, 6.07) is 14.5. The number of aryl methyl sites for hydroxylation is 1. The monoisotopic (exact) mass is 530 g/mol. The number of aromatic nitrogens is 2. The molecule has 0 radical (unpaired) electrons. The number of esters is 1. The van der Waals surface area contributed by atoms with Gasteiger partial charge in [0, 0.05) is 18.0 Å². The standard InChI is InChI=1S/C34H46N2O3/c1-4-6-7-8-9-13-24-38-31-20-18-30(19-21-31)34(37)39-32-22-16-29(17-23-32)33-35-25-28(26-36-33)15-12-10-11-14-27(3)5-2/h16-23,25-27H,4-15,24H2,1-3H3/t27-/m0/s1. The van der Waals surface area contributed by atoms with Crippen molar-refractivity contribution in [1.29, 1.82) is 0 Å². The molecule has 0 spiro atoms. The molecule has 0 saturated heterocycles. The van der Waals surface area contributed by atoms with E-state index in [-0.39, 0.29) is 0 Å². The maximum absolute atomic E-state index is 12.6. The van der Waals surface area contributed by atoms with Gasteiger partial charge in [-0.25, -0.2) is 14.8 Å². The van der Waals surface area contributed by atoms with Crippen molar-refractivity contribution in [3.8, 4) is 22.9 Å². The summed E-state index contributed by atoms with van der Waals surface area (Å²) in [7, 11) is 0. The van der Waals surface area contributed by atoms with Crippen LogP contribution in [-0.4, -0.2) is 22.5 Å². The molecule has 0 N–H and O–H groups in total. The molecular weight excluding hydrogens is 484 g/mol. The molecule has 3 aromatic rings. The summed E-state index contributed by atoms with van der Waals surface area (Å²) in [6.07, 6.45) is 18.6. The molecule has 1 atom stereocenters. The summed E-state index contributed by atoms with van der Waals surface area (Å²) in [4.78, 5) is 21.7. The molecule has 0 aliphatic carbocycles. The number of hydrogen-bond donors (Lipinski definition) is 0. The van der Waals surface area contributed by atoms with Crippen molar-refractivity contribution < 1.29 is 14.3 Å². The maximum atomic E-state index is 12.6. The highest BCUT2D eigenvalue weighted by Crippen LogP contribution is 2.21. The van der Waals surface area contributed by atoms with Crippen molar-refractivity contribution in [3.05, 3.63) is 72.1 Å². The molecule has 0 amide bonds. The van der Waals surface area contributed by atoms with E-state index in [0.717, 1.165) is 30.1 Å². The Labute approximate surface area is 235 Å². The fourth-order valence-electron chi connectivity index (χ4n) is 4.43. The summed E-state index contributed by atoms with van der Waals surface area (Å²) < 4.78 is 11.4. The minimum absolute atomic E-state index is 0.394. The van der Waals surface area contributed by atoms with Crippen LogP contribution in [0.5, 0.6) is 11.5 Å². The number of benzene rings is 2. The van der Waals surface area contributed by atoms with Crippen molar-refractivity contribution in [3.63, 3.8) is 0 Å². The normalized spacial score (nSPS) is 11.8. The van der Waals surface area contributed by atoms with Crippen LogP contribution >= 0.6 is 0 Å². The molecule has 3 rings (SSSR count). The smallest absolute Gasteiger partial charge is 0.343 e. The van der Waals surface area contributed by atoms with Crippen molar-refractivity contribution in [2.45, 2.75) is 97.8 Å². The van der Waals surface area contributed by atoms with Gasteiger partial charge in [-0.15, -0.1) is 0 Å². The van der Waals surface area contributed by atoms with E-state index in [4.69, 9.17) is 9.47 Å². The predicted octanol–water partition coefficient (Wildman–Crippen LogP) is 9.25. The summed E-state index contributed by atoms with van der Waals surface area (Å²) in [5.41, 5.74) is 2.55. The number of unbranched alkanes of at least 4 members (excludes halogenated alkanes) is 7. The van der Waals surface area contributed by atoms with Crippen molar-refractivity contribution >= 4 is 5.97 Å².